The van der Waals surface area contributed by atoms with E-state index in [9.17, 15) is 4.79 Å². The molecule has 4 nitrogen and oxygen atoms in total. The Bertz CT molecular complexity index is 327. The zero-order chi connectivity index (χ0) is 9.97. The van der Waals surface area contributed by atoms with E-state index in [0.29, 0.717) is 5.56 Å². The van der Waals surface area contributed by atoms with Crippen molar-refractivity contribution in [3.8, 4) is 0 Å². The molecule has 0 radical (unpaired) electrons. The summed E-state index contributed by atoms with van der Waals surface area (Å²) in [6.45, 7) is 2.33. The summed E-state index contributed by atoms with van der Waals surface area (Å²) in [5.74, 6) is 0.0444. The lowest BCUT2D eigenvalue weighted by atomic mass is 10.0. The van der Waals surface area contributed by atoms with E-state index in [1.807, 2.05) is 0 Å². The van der Waals surface area contributed by atoms with Gasteiger partial charge in [-0.1, -0.05) is 0 Å². The number of ketones is 1. The van der Waals surface area contributed by atoms with Crippen LogP contribution in [0.15, 0.2) is 6.20 Å². The zero-order valence-corrected chi connectivity index (χ0v) is 8.25. The molecule has 2 heterocycles. The van der Waals surface area contributed by atoms with Crippen LogP contribution in [0.3, 0.4) is 0 Å². The van der Waals surface area contributed by atoms with Gasteiger partial charge in [-0.05, 0) is 26.2 Å². The predicted molar refractivity (Wildman–Crippen MR) is 51.1 cm³/mol. The summed E-state index contributed by atoms with van der Waals surface area (Å²) in [7, 11) is 0. The molecule has 1 fully saturated rings. The van der Waals surface area contributed by atoms with Gasteiger partial charge in [0.15, 0.2) is 5.78 Å². The van der Waals surface area contributed by atoms with Crippen molar-refractivity contribution in [2.45, 2.75) is 32.3 Å². The van der Waals surface area contributed by atoms with E-state index < -0.39 is 0 Å². The Kier molecular flexibility index (Phi) is 2.63. The molecule has 1 aliphatic rings. The second kappa shape index (κ2) is 3.92. The van der Waals surface area contributed by atoms with Crippen molar-refractivity contribution in [2.75, 3.05) is 6.61 Å². The quantitative estimate of drug-likeness (QED) is 0.731. The molecule has 1 aromatic heterocycles. The van der Waals surface area contributed by atoms with Gasteiger partial charge in [0.05, 0.1) is 23.6 Å². The van der Waals surface area contributed by atoms with Crippen LogP contribution in [0.4, 0.5) is 0 Å². The number of carbonyl (C=O) groups excluding carboxylic acids is 1. The van der Waals surface area contributed by atoms with E-state index in [-0.39, 0.29) is 11.9 Å². The molecule has 0 spiro atoms. The lowest BCUT2D eigenvalue weighted by Gasteiger charge is -2.21. The number of carbonyl (C=O) groups is 1. The number of nitrogens with one attached hydrogen (secondary N) is 1. The van der Waals surface area contributed by atoms with E-state index in [4.69, 9.17) is 4.74 Å². The van der Waals surface area contributed by atoms with E-state index in [1.165, 1.54) is 0 Å². The van der Waals surface area contributed by atoms with Crippen molar-refractivity contribution in [3.05, 3.63) is 17.5 Å². The Balaban J connectivity index is 2.21. The molecule has 4 heteroatoms. The minimum Gasteiger partial charge on any atom is -0.372 e. The summed E-state index contributed by atoms with van der Waals surface area (Å²) >= 11 is 0. The first kappa shape index (κ1) is 9.40. The van der Waals surface area contributed by atoms with Gasteiger partial charge in [0, 0.05) is 6.61 Å². The molecule has 1 aliphatic heterocycles. The lowest BCUT2D eigenvalue weighted by molar-refractivity contribution is 0.0118. The third kappa shape index (κ3) is 1.70. The van der Waals surface area contributed by atoms with Crippen molar-refractivity contribution in [3.63, 3.8) is 0 Å². The number of Topliss-reactive ketones (excluding diaryl/α,β-unsaturated/α-hetero) is 1. The Morgan fingerprint density at radius 3 is 3.14 bits per heavy atom. The van der Waals surface area contributed by atoms with E-state index in [1.54, 1.807) is 13.1 Å². The van der Waals surface area contributed by atoms with Gasteiger partial charge in [0.2, 0.25) is 0 Å². The van der Waals surface area contributed by atoms with Crippen LogP contribution in [0.5, 0.6) is 0 Å². The maximum absolute atomic E-state index is 11.3. The molecule has 0 amide bonds. The predicted octanol–water partition coefficient (Wildman–Crippen LogP) is 1.85. The summed E-state index contributed by atoms with van der Waals surface area (Å²) in [4.78, 5) is 11.3. The smallest absolute Gasteiger partial charge is 0.163 e. The topological polar surface area (TPSA) is 55.0 Å². The molecule has 1 N–H and O–H groups in total. The average Bonchev–Trinajstić information content (AvgIpc) is 2.67. The van der Waals surface area contributed by atoms with Crippen LogP contribution in [0.25, 0.3) is 0 Å². The zero-order valence-electron chi connectivity index (χ0n) is 8.25. The maximum Gasteiger partial charge on any atom is 0.163 e. The fraction of sp³-hybridized carbons (Fsp3) is 0.600. The molecule has 1 saturated heterocycles. The van der Waals surface area contributed by atoms with Gasteiger partial charge in [-0.15, -0.1) is 0 Å². The van der Waals surface area contributed by atoms with Crippen molar-refractivity contribution < 1.29 is 9.53 Å². The summed E-state index contributed by atoms with van der Waals surface area (Å²) < 4.78 is 5.59. The largest absolute Gasteiger partial charge is 0.372 e. The number of rotatable bonds is 2. The second-order valence-electron chi connectivity index (χ2n) is 3.61. The number of hydrogen-bond acceptors (Lipinski definition) is 3. The molecular formula is C10H14N2O2. The normalized spacial score (nSPS) is 22.2. The summed E-state index contributed by atoms with van der Waals surface area (Å²) in [5, 5.41) is 6.75. The molecule has 2 rings (SSSR count). The summed E-state index contributed by atoms with van der Waals surface area (Å²) in [5.41, 5.74) is 1.51. The molecule has 1 unspecified atom stereocenters. The molecule has 1 aromatic rings. The summed E-state index contributed by atoms with van der Waals surface area (Å²) in [6, 6.07) is 0. The third-order valence-electron chi connectivity index (χ3n) is 2.55. The van der Waals surface area contributed by atoms with Crippen LogP contribution in [-0.2, 0) is 4.74 Å². The summed E-state index contributed by atoms with van der Waals surface area (Å²) in [6.07, 6.45) is 4.85. The highest BCUT2D eigenvalue weighted by Gasteiger charge is 2.22. The average molecular weight is 194 g/mol. The molecular weight excluding hydrogens is 180 g/mol. The molecule has 0 aliphatic carbocycles. The van der Waals surface area contributed by atoms with Crippen LogP contribution < -0.4 is 0 Å². The standard InChI is InChI=1S/C10H14N2O2/c1-7(13)8-6-11-12-10(8)9-4-2-3-5-14-9/h6,9H,2-5H2,1H3,(H,11,12). The molecule has 0 aromatic carbocycles. The van der Waals surface area contributed by atoms with E-state index >= 15 is 0 Å². The SMILES string of the molecule is CC(=O)c1cn[nH]c1C1CCCCO1. The van der Waals surface area contributed by atoms with Gasteiger partial charge in [0.25, 0.3) is 0 Å². The molecule has 0 saturated carbocycles. The van der Waals surface area contributed by atoms with E-state index in [0.717, 1.165) is 31.6 Å². The second-order valence-corrected chi connectivity index (χ2v) is 3.61. The first-order chi connectivity index (χ1) is 6.79. The van der Waals surface area contributed by atoms with Crippen LogP contribution in [0.2, 0.25) is 0 Å². The fourth-order valence-corrected chi connectivity index (χ4v) is 1.79. The van der Waals surface area contributed by atoms with Gasteiger partial charge >= 0.3 is 0 Å². The molecule has 1 atom stereocenters. The molecule has 14 heavy (non-hydrogen) atoms. The van der Waals surface area contributed by atoms with Gasteiger partial charge in [-0.3, -0.25) is 9.89 Å². The monoisotopic (exact) mass is 194 g/mol. The van der Waals surface area contributed by atoms with Crippen LogP contribution in [0, 0.1) is 0 Å². The van der Waals surface area contributed by atoms with Crippen LogP contribution >= 0.6 is 0 Å². The Morgan fingerprint density at radius 1 is 1.64 bits per heavy atom. The Hall–Kier alpha value is -1.16. The highest BCUT2D eigenvalue weighted by Crippen LogP contribution is 2.28. The minimum atomic E-state index is 0.0325. The maximum atomic E-state index is 11.3. The van der Waals surface area contributed by atoms with Gasteiger partial charge < -0.3 is 4.74 Å². The van der Waals surface area contributed by atoms with Crippen molar-refractivity contribution in [1.29, 1.82) is 0 Å². The first-order valence-electron chi connectivity index (χ1n) is 4.95. The Labute approximate surface area is 82.7 Å². The van der Waals surface area contributed by atoms with Crippen molar-refractivity contribution >= 4 is 5.78 Å². The minimum absolute atomic E-state index is 0.0325. The van der Waals surface area contributed by atoms with Gasteiger partial charge in [-0.2, -0.15) is 5.10 Å². The van der Waals surface area contributed by atoms with Crippen LogP contribution in [0.1, 0.15) is 48.3 Å². The number of aromatic amines is 1. The van der Waals surface area contributed by atoms with Crippen molar-refractivity contribution in [2.24, 2.45) is 0 Å². The van der Waals surface area contributed by atoms with Crippen LogP contribution in [-0.4, -0.2) is 22.6 Å². The number of ether oxygens (including phenoxy) is 1. The molecule has 76 valence electrons. The van der Waals surface area contributed by atoms with Gasteiger partial charge in [-0.25, -0.2) is 0 Å². The fourth-order valence-electron chi connectivity index (χ4n) is 1.79. The van der Waals surface area contributed by atoms with Gasteiger partial charge in [0.1, 0.15) is 0 Å². The number of nitrogens with zero attached hydrogens (tertiary/aromatic N) is 1. The van der Waals surface area contributed by atoms with Crippen molar-refractivity contribution in [1.82, 2.24) is 10.2 Å². The Morgan fingerprint density at radius 2 is 2.50 bits per heavy atom. The number of aromatic nitrogens is 2. The highest BCUT2D eigenvalue weighted by atomic mass is 16.5. The third-order valence-corrected chi connectivity index (χ3v) is 2.55. The lowest BCUT2D eigenvalue weighted by Crippen LogP contribution is -2.14. The van der Waals surface area contributed by atoms with E-state index in [2.05, 4.69) is 10.2 Å². The number of H-pyrrole nitrogens is 1. The molecule has 0 bridgehead atoms. The number of hydrogen-bond donors (Lipinski definition) is 1. The first-order valence-corrected chi connectivity index (χ1v) is 4.95. The highest BCUT2D eigenvalue weighted by molar-refractivity contribution is 5.95.